The van der Waals surface area contributed by atoms with Crippen LogP contribution >= 0.6 is 11.6 Å². The number of hydrogen-bond acceptors (Lipinski definition) is 6. The summed E-state index contributed by atoms with van der Waals surface area (Å²) in [5, 5.41) is 8.47. The van der Waals surface area contributed by atoms with Crippen molar-refractivity contribution in [2.45, 2.75) is 19.3 Å². The molecule has 2 heterocycles. The quantitative estimate of drug-likeness (QED) is 0.391. The molecule has 0 amide bonds. The number of benzene rings is 2. The Balaban J connectivity index is 1.18. The van der Waals surface area contributed by atoms with E-state index in [2.05, 4.69) is 39.8 Å². The molecule has 0 spiro atoms. The molecule has 1 fully saturated rings. The summed E-state index contributed by atoms with van der Waals surface area (Å²) in [6, 6.07) is 13.8. The summed E-state index contributed by atoms with van der Waals surface area (Å²) in [4.78, 5) is 12.0. The maximum absolute atomic E-state index is 6.52. The van der Waals surface area contributed by atoms with Gasteiger partial charge in [-0.05, 0) is 68.6 Å². The van der Waals surface area contributed by atoms with Crippen LogP contribution < -0.4 is 15.4 Å². The highest BCUT2D eigenvalue weighted by Crippen LogP contribution is 2.39. The molecule has 0 saturated carbocycles. The van der Waals surface area contributed by atoms with E-state index in [-0.39, 0.29) is 0 Å². The van der Waals surface area contributed by atoms with Gasteiger partial charge in [0.1, 0.15) is 18.2 Å². The first-order valence-electron chi connectivity index (χ1n) is 12.1. The number of para-hydroxylation sites is 1. The van der Waals surface area contributed by atoms with Crippen LogP contribution in [-0.4, -0.2) is 41.1 Å². The van der Waals surface area contributed by atoms with E-state index in [0.29, 0.717) is 35.2 Å². The molecule has 2 aromatic carbocycles. The number of allylic oxidation sites excluding steroid dienone is 3. The first kappa shape index (κ1) is 21.4. The van der Waals surface area contributed by atoms with Crippen molar-refractivity contribution in [1.82, 2.24) is 14.9 Å². The van der Waals surface area contributed by atoms with Crippen LogP contribution in [0.25, 0.3) is 10.9 Å². The zero-order chi connectivity index (χ0) is 22.9. The predicted octanol–water partition coefficient (Wildman–Crippen LogP) is 6.00. The number of aromatic nitrogens is 2. The molecule has 0 radical (unpaired) electrons. The van der Waals surface area contributed by atoms with E-state index in [1.54, 1.807) is 0 Å². The first-order valence-corrected chi connectivity index (χ1v) is 12.4. The van der Waals surface area contributed by atoms with Crippen molar-refractivity contribution >= 4 is 40.0 Å². The van der Waals surface area contributed by atoms with Crippen LogP contribution in [-0.2, 0) is 0 Å². The molecule has 6 rings (SSSR count). The fourth-order valence-corrected chi connectivity index (χ4v) is 5.29. The van der Waals surface area contributed by atoms with Gasteiger partial charge in [0, 0.05) is 29.2 Å². The van der Waals surface area contributed by atoms with Crippen molar-refractivity contribution in [3.05, 3.63) is 71.4 Å². The van der Waals surface area contributed by atoms with Gasteiger partial charge in [-0.15, -0.1) is 0 Å². The lowest BCUT2D eigenvalue weighted by molar-refractivity contribution is 0.238. The van der Waals surface area contributed by atoms with E-state index < -0.39 is 0 Å². The Labute approximate surface area is 204 Å². The van der Waals surface area contributed by atoms with Crippen LogP contribution in [0.5, 0.6) is 5.75 Å². The van der Waals surface area contributed by atoms with Crippen molar-refractivity contribution in [1.29, 1.82) is 0 Å². The lowest BCUT2D eigenvalue weighted by Crippen LogP contribution is -2.25. The minimum Gasteiger partial charge on any atom is -0.491 e. The molecule has 2 bridgehead atoms. The highest BCUT2D eigenvalue weighted by molar-refractivity contribution is 6.32. The van der Waals surface area contributed by atoms with Gasteiger partial charge in [-0.2, -0.15) is 4.98 Å². The SMILES string of the molecule is Clc1cc(Nc2nc(NC3=CC4C=CC3C4)c3ccccc3n2)ccc1OCCN1CCCC1. The summed E-state index contributed by atoms with van der Waals surface area (Å²) in [7, 11) is 0. The summed E-state index contributed by atoms with van der Waals surface area (Å²) in [6.07, 6.45) is 10.6. The summed E-state index contributed by atoms with van der Waals surface area (Å²) < 4.78 is 5.92. The van der Waals surface area contributed by atoms with Crippen LogP contribution in [0.2, 0.25) is 5.02 Å². The fourth-order valence-electron chi connectivity index (χ4n) is 5.05. The van der Waals surface area contributed by atoms with Gasteiger partial charge in [0.15, 0.2) is 0 Å². The molecule has 174 valence electrons. The molecule has 2 N–H and O–H groups in total. The van der Waals surface area contributed by atoms with Crippen molar-refractivity contribution < 1.29 is 4.74 Å². The molecule has 2 atom stereocenters. The molecular weight excluding hydrogens is 446 g/mol. The lowest BCUT2D eigenvalue weighted by Gasteiger charge is -2.17. The number of halogens is 1. The average molecular weight is 474 g/mol. The van der Waals surface area contributed by atoms with Gasteiger partial charge >= 0.3 is 0 Å². The largest absolute Gasteiger partial charge is 0.491 e. The van der Waals surface area contributed by atoms with Gasteiger partial charge in [-0.3, -0.25) is 4.90 Å². The molecule has 2 unspecified atom stereocenters. The number of anilines is 3. The summed E-state index contributed by atoms with van der Waals surface area (Å²) in [6.45, 7) is 3.91. The number of nitrogens with zero attached hydrogens (tertiary/aromatic N) is 3. The molecule has 1 saturated heterocycles. The van der Waals surface area contributed by atoms with E-state index >= 15 is 0 Å². The van der Waals surface area contributed by atoms with E-state index in [1.807, 2.05) is 36.4 Å². The monoisotopic (exact) mass is 473 g/mol. The molecule has 3 aromatic rings. The zero-order valence-electron chi connectivity index (χ0n) is 19.0. The Morgan fingerprint density at radius 3 is 2.71 bits per heavy atom. The van der Waals surface area contributed by atoms with Crippen LogP contribution in [0.15, 0.2) is 66.4 Å². The smallest absolute Gasteiger partial charge is 0.229 e. The summed E-state index contributed by atoms with van der Waals surface area (Å²) in [5.41, 5.74) is 2.93. The van der Waals surface area contributed by atoms with Gasteiger partial charge in [-0.25, -0.2) is 4.98 Å². The Bertz CT molecular complexity index is 1270. The van der Waals surface area contributed by atoms with Crippen LogP contribution in [0, 0.1) is 11.8 Å². The highest BCUT2D eigenvalue weighted by atomic mass is 35.5. The Hall–Kier alpha value is -3.09. The minimum absolute atomic E-state index is 0.451. The number of likely N-dealkylation sites (tertiary alicyclic amines) is 1. The van der Waals surface area contributed by atoms with E-state index in [1.165, 1.54) is 18.5 Å². The third-order valence-corrected chi connectivity index (χ3v) is 7.12. The average Bonchev–Trinajstić information content (AvgIpc) is 3.60. The van der Waals surface area contributed by atoms with E-state index in [4.69, 9.17) is 26.3 Å². The lowest BCUT2D eigenvalue weighted by atomic mass is 10.1. The summed E-state index contributed by atoms with van der Waals surface area (Å²) in [5.74, 6) is 3.03. The molecule has 7 heteroatoms. The zero-order valence-corrected chi connectivity index (χ0v) is 19.8. The predicted molar refractivity (Wildman–Crippen MR) is 138 cm³/mol. The highest BCUT2D eigenvalue weighted by Gasteiger charge is 2.28. The maximum atomic E-state index is 6.52. The van der Waals surface area contributed by atoms with Gasteiger partial charge in [0.25, 0.3) is 0 Å². The molecule has 3 aliphatic rings. The van der Waals surface area contributed by atoms with Gasteiger partial charge in [0.2, 0.25) is 5.95 Å². The normalized spacial score (nSPS) is 21.3. The maximum Gasteiger partial charge on any atom is 0.229 e. The molecule has 2 aliphatic carbocycles. The number of ether oxygens (including phenoxy) is 1. The molecule has 1 aliphatic heterocycles. The standard InChI is InChI=1S/C27H28ClN5O/c28-22-17-20(9-10-25(22)34-14-13-33-11-3-4-12-33)29-27-31-23-6-2-1-5-21(23)26(32-27)30-24-16-18-7-8-19(24)15-18/h1-2,5-10,16-19H,3-4,11-15H2,(H2,29,30,31,32). The fraction of sp³-hybridized carbons (Fsp3) is 0.333. The first-order chi connectivity index (χ1) is 16.7. The minimum atomic E-state index is 0.451. The second-order valence-corrected chi connectivity index (χ2v) is 9.63. The Morgan fingerprint density at radius 2 is 1.91 bits per heavy atom. The molecule has 1 aromatic heterocycles. The topological polar surface area (TPSA) is 62.3 Å². The van der Waals surface area contributed by atoms with Crippen LogP contribution in [0.3, 0.4) is 0 Å². The molecule has 34 heavy (non-hydrogen) atoms. The number of nitrogens with one attached hydrogen (secondary N) is 2. The Morgan fingerprint density at radius 1 is 1.03 bits per heavy atom. The molecular formula is C27H28ClN5O. The van der Waals surface area contributed by atoms with Crippen molar-refractivity contribution in [2.24, 2.45) is 11.8 Å². The second-order valence-electron chi connectivity index (χ2n) is 9.22. The van der Waals surface area contributed by atoms with Crippen LogP contribution in [0.1, 0.15) is 19.3 Å². The van der Waals surface area contributed by atoms with Crippen LogP contribution in [0.4, 0.5) is 17.5 Å². The van der Waals surface area contributed by atoms with E-state index in [9.17, 15) is 0 Å². The third-order valence-electron chi connectivity index (χ3n) is 6.83. The van der Waals surface area contributed by atoms with E-state index in [0.717, 1.165) is 48.5 Å². The third kappa shape index (κ3) is 4.48. The van der Waals surface area contributed by atoms with Gasteiger partial charge in [-0.1, -0.05) is 42.0 Å². The Kier molecular flexibility index (Phi) is 5.85. The van der Waals surface area contributed by atoms with Gasteiger partial charge in [0.05, 0.1) is 10.5 Å². The number of rotatable bonds is 8. The van der Waals surface area contributed by atoms with Crippen molar-refractivity contribution in [3.63, 3.8) is 0 Å². The van der Waals surface area contributed by atoms with Crippen molar-refractivity contribution in [3.8, 4) is 5.75 Å². The summed E-state index contributed by atoms with van der Waals surface area (Å²) >= 11 is 6.52. The number of hydrogen-bond donors (Lipinski definition) is 2. The van der Waals surface area contributed by atoms with Gasteiger partial charge < -0.3 is 15.4 Å². The van der Waals surface area contributed by atoms with Crippen molar-refractivity contribution in [2.75, 3.05) is 36.9 Å². The second kappa shape index (κ2) is 9.28. The molecule has 6 nitrogen and oxygen atoms in total. The number of fused-ring (bicyclic) bond motifs is 3.